The molecular weight excluding hydrogens is 744 g/mol. The third kappa shape index (κ3) is 9.23. The Morgan fingerprint density at radius 3 is 2.40 bits per heavy atom. The van der Waals surface area contributed by atoms with Gasteiger partial charge in [0.05, 0.1) is 30.9 Å². The molecule has 4 aliphatic heterocycles. The van der Waals surface area contributed by atoms with Gasteiger partial charge in [-0.3, -0.25) is 44.0 Å². The van der Waals surface area contributed by atoms with E-state index in [1.54, 1.807) is 18.2 Å². The molecule has 3 atom stereocenters. The molecule has 1 unspecified atom stereocenters. The zero-order valence-corrected chi connectivity index (χ0v) is 33.5. The molecule has 308 valence electrons. The third-order valence-electron chi connectivity index (χ3n) is 11.8. The summed E-state index contributed by atoms with van der Waals surface area (Å²) in [6, 6.07) is 18.2. The second kappa shape index (κ2) is 18.1. The largest absolute Gasteiger partial charge is 0.378 e. The number of piperidine rings is 1. The van der Waals surface area contributed by atoms with E-state index in [2.05, 4.69) is 73.9 Å². The molecule has 58 heavy (non-hydrogen) atoms. The van der Waals surface area contributed by atoms with Crippen molar-refractivity contribution in [2.75, 3.05) is 96.4 Å². The second-order valence-corrected chi connectivity index (χ2v) is 15.8. The molecule has 15 heteroatoms. The van der Waals surface area contributed by atoms with Gasteiger partial charge in [0.25, 0.3) is 11.8 Å². The van der Waals surface area contributed by atoms with Crippen molar-refractivity contribution in [1.29, 1.82) is 0 Å². The number of imide groups is 2. The summed E-state index contributed by atoms with van der Waals surface area (Å²) in [6.07, 6.45) is 0.132. The normalized spacial score (nSPS) is 21.5. The smallest absolute Gasteiger partial charge is 0.262 e. The topological polar surface area (TPSA) is 147 Å². The number of rotatable bonds is 15. The zero-order chi connectivity index (χ0) is 40.9. The van der Waals surface area contributed by atoms with Crippen LogP contribution in [0.3, 0.4) is 0 Å². The van der Waals surface area contributed by atoms with E-state index in [-0.39, 0.29) is 42.2 Å². The predicted octanol–water partition coefficient (Wildman–Crippen LogP) is 2.43. The summed E-state index contributed by atoms with van der Waals surface area (Å²) in [6.45, 7) is 10.1. The summed E-state index contributed by atoms with van der Waals surface area (Å²) in [5.41, 5.74) is 5.12. The SMILES string of the molecule is Cc1cccc(F)c1CN1C[C@H](c2ccc(N3CCN(CCOCCNC(=O)CNc4ccc5c(c4)C(=O)N(C4CCC(=O)NC4=O)C5=O)CC3)cc2)[C@@H](N(C)C)C1. The molecule has 5 amide bonds. The van der Waals surface area contributed by atoms with Crippen molar-refractivity contribution in [3.05, 3.63) is 94.3 Å². The Balaban J connectivity index is 0.779. The van der Waals surface area contributed by atoms with E-state index in [0.717, 1.165) is 61.8 Å². The summed E-state index contributed by atoms with van der Waals surface area (Å²) in [7, 11) is 4.26. The standard InChI is InChI=1S/C43H53FN8O6/c1-28-5-4-6-36(44)34(28)25-50-26-35(38(27-50)48(2)3)29-7-10-31(11-8-29)51-18-16-49(17-19-51)20-22-58-21-15-45-40(54)24-46-30-9-12-32-33(23-30)43(57)52(42(32)56)37-13-14-39(53)47-41(37)55/h4-12,23,35,37-38,46H,13-22,24-27H2,1-3H3,(H,45,54)(H,47,53,55)/t35-,37?,38+/m1/s1. The van der Waals surface area contributed by atoms with Gasteiger partial charge in [0.1, 0.15) is 11.9 Å². The van der Waals surface area contributed by atoms with Crippen LogP contribution in [0.25, 0.3) is 0 Å². The van der Waals surface area contributed by atoms with E-state index in [0.29, 0.717) is 44.0 Å². The maximum absolute atomic E-state index is 14.6. The molecule has 0 bridgehead atoms. The number of ether oxygens (including phenoxy) is 1. The van der Waals surface area contributed by atoms with Gasteiger partial charge in [0, 0.05) is 94.2 Å². The first-order chi connectivity index (χ1) is 28.0. The predicted molar refractivity (Wildman–Crippen MR) is 217 cm³/mol. The highest BCUT2D eigenvalue weighted by Crippen LogP contribution is 2.33. The number of carbonyl (C=O) groups excluding carboxylic acids is 5. The van der Waals surface area contributed by atoms with Crippen molar-refractivity contribution in [3.63, 3.8) is 0 Å². The van der Waals surface area contributed by atoms with Crippen LogP contribution in [0.4, 0.5) is 15.8 Å². The first-order valence-corrected chi connectivity index (χ1v) is 20.1. The van der Waals surface area contributed by atoms with Crippen molar-refractivity contribution in [3.8, 4) is 0 Å². The van der Waals surface area contributed by atoms with E-state index in [4.69, 9.17) is 4.74 Å². The highest BCUT2D eigenvalue weighted by Gasteiger charge is 2.44. The first kappa shape index (κ1) is 41.0. The maximum Gasteiger partial charge on any atom is 0.262 e. The summed E-state index contributed by atoms with van der Waals surface area (Å²) >= 11 is 0. The number of nitrogens with zero attached hydrogens (tertiary/aromatic N) is 5. The van der Waals surface area contributed by atoms with E-state index in [1.165, 1.54) is 23.4 Å². The van der Waals surface area contributed by atoms with Gasteiger partial charge >= 0.3 is 0 Å². The van der Waals surface area contributed by atoms with Gasteiger partial charge in [-0.05, 0) is 75.0 Å². The minimum atomic E-state index is -1.03. The van der Waals surface area contributed by atoms with E-state index in [1.807, 2.05) is 13.0 Å². The van der Waals surface area contributed by atoms with Gasteiger partial charge in [-0.25, -0.2) is 4.39 Å². The Labute approximate surface area is 338 Å². The molecule has 3 fully saturated rings. The maximum atomic E-state index is 14.6. The average molecular weight is 797 g/mol. The number of fused-ring (bicyclic) bond motifs is 1. The van der Waals surface area contributed by atoms with Crippen LogP contribution in [0.15, 0.2) is 60.7 Å². The molecule has 0 aliphatic carbocycles. The fourth-order valence-corrected chi connectivity index (χ4v) is 8.48. The number of hydrogen-bond acceptors (Lipinski definition) is 11. The summed E-state index contributed by atoms with van der Waals surface area (Å²) in [5.74, 6) is -2.31. The Kier molecular flexibility index (Phi) is 12.8. The molecule has 0 saturated carbocycles. The molecule has 7 rings (SSSR count). The molecule has 0 radical (unpaired) electrons. The summed E-state index contributed by atoms with van der Waals surface area (Å²) in [4.78, 5) is 72.7. The van der Waals surface area contributed by atoms with Crippen molar-refractivity contribution < 1.29 is 33.1 Å². The Morgan fingerprint density at radius 2 is 1.67 bits per heavy atom. The number of halogens is 1. The zero-order valence-electron chi connectivity index (χ0n) is 33.5. The minimum Gasteiger partial charge on any atom is -0.378 e. The molecule has 3 aromatic rings. The number of hydrogen-bond donors (Lipinski definition) is 3. The first-order valence-electron chi connectivity index (χ1n) is 20.1. The molecular formula is C43H53FN8O6. The van der Waals surface area contributed by atoms with Gasteiger partial charge in [-0.1, -0.05) is 24.3 Å². The highest BCUT2D eigenvalue weighted by molar-refractivity contribution is 6.23. The number of likely N-dealkylation sites (tertiary alicyclic amines) is 1. The average Bonchev–Trinajstić information content (AvgIpc) is 3.75. The summed E-state index contributed by atoms with van der Waals surface area (Å²) in [5, 5.41) is 7.98. The van der Waals surface area contributed by atoms with Gasteiger partial charge in [-0.15, -0.1) is 0 Å². The van der Waals surface area contributed by atoms with Crippen LogP contribution in [0.5, 0.6) is 0 Å². The van der Waals surface area contributed by atoms with Crippen molar-refractivity contribution in [2.45, 2.75) is 44.3 Å². The highest BCUT2D eigenvalue weighted by atomic mass is 19.1. The molecule has 4 heterocycles. The quantitative estimate of drug-likeness (QED) is 0.154. The number of anilines is 2. The van der Waals surface area contributed by atoms with E-state index in [9.17, 15) is 28.4 Å². The van der Waals surface area contributed by atoms with Crippen LogP contribution in [-0.2, 0) is 25.7 Å². The third-order valence-corrected chi connectivity index (χ3v) is 11.8. The number of piperazine rings is 1. The number of benzene rings is 3. The van der Waals surface area contributed by atoms with Gasteiger partial charge in [0.2, 0.25) is 17.7 Å². The second-order valence-electron chi connectivity index (χ2n) is 15.8. The molecule has 14 nitrogen and oxygen atoms in total. The molecule has 4 aliphatic rings. The number of amides is 5. The molecule has 0 aromatic heterocycles. The Bertz CT molecular complexity index is 2000. The van der Waals surface area contributed by atoms with E-state index >= 15 is 0 Å². The van der Waals surface area contributed by atoms with Crippen LogP contribution < -0.4 is 20.9 Å². The van der Waals surface area contributed by atoms with Gasteiger partial charge < -0.3 is 25.2 Å². The fraction of sp³-hybridized carbons (Fsp3) is 0.465. The lowest BCUT2D eigenvalue weighted by atomic mass is 9.93. The van der Waals surface area contributed by atoms with Crippen LogP contribution in [0.2, 0.25) is 0 Å². The number of aryl methyl sites for hydroxylation is 1. The monoisotopic (exact) mass is 796 g/mol. The lowest BCUT2D eigenvalue weighted by molar-refractivity contribution is -0.136. The van der Waals surface area contributed by atoms with Gasteiger partial charge in [0.15, 0.2) is 0 Å². The van der Waals surface area contributed by atoms with E-state index < -0.39 is 29.7 Å². The lowest BCUT2D eigenvalue weighted by Crippen LogP contribution is -2.54. The van der Waals surface area contributed by atoms with Crippen molar-refractivity contribution in [1.82, 2.24) is 30.2 Å². The minimum absolute atomic E-state index is 0.0443. The molecule has 3 aromatic carbocycles. The molecule has 3 saturated heterocycles. The van der Waals surface area contributed by atoms with Crippen LogP contribution in [0.1, 0.15) is 56.2 Å². The number of nitrogens with one attached hydrogen (secondary N) is 3. The number of carbonyl (C=O) groups is 5. The Hall–Kier alpha value is -5.22. The lowest BCUT2D eigenvalue weighted by Gasteiger charge is -2.36. The molecule has 0 spiro atoms. The number of likely N-dealkylation sites (N-methyl/N-ethyl adjacent to an activating group) is 1. The van der Waals surface area contributed by atoms with Crippen molar-refractivity contribution in [2.24, 2.45) is 0 Å². The van der Waals surface area contributed by atoms with Gasteiger partial charge in [-0.2, -0.15) is 0 Å². The molecule has 3 N–H and O–H groups in total. The van der Waals surface area contributed by atoms with Crippen LogP contribution >= 0.6 is 0 Å². The summed E-state index contributed by atoms with van der Waals surface area (Å²) < 4.78 is 20.4. The van der Waals surface area contributed by atoms with Crippen molar-refractivity contribution >= 4 is 40.9 Å². The Morgan fingerprint density at radius 1 is 0.914 bits per heavy atom. The fourth-order valence-electron chi connectivity index (χ4n) is 8.48. The van der Waals surface area contributed by atoms with Crippen LogP contribution in [-0.4, -0.2) is 147 Å². The van der Waals surface area contributed by atoms with Crippen LogP contribution in [0, 0.1) is 12.7 Å².